The van der Waals surface area contributed by atoms with Gasteiger partial charge in [-0.05, 0) is 41.1 Å². The van der Waals surface area contributed by atoms with Gasteiger partial charge in [0.05, 0.1) is 0 Å². The van der Waals surface area contributed by atoms with Crippen molar-refractivity contribution in [3.63, 3.8) is 0 Å². The molecule has 1 N–H and O–H groups in total. The Balaban J connectivity index is 1.91. The van der Waals surface area contributed by atoms with E-state index >= 15 is 0 Å². The predicted molar refractivity (Wildman–Crippen MR) is 93.4 cm³/mol. The minimum Gasteiger partial charge on any atom is -0.487 e. The van der Waals surface area contributed by atoms with E-state index in [0.29, 0.717) is 11.5 Å². The molecule has 0 bridgehead atoms. The quantitative estimate of drug-likeness (QED) is 0.674. The molecule has 0 amide bonds. The summed E-state index contributed by atoms with van der Waals surface area (Å²) in [6, 6.07) is 7.92. The molecule has 0 spiro atoms. The lowest BCUT2D eigenvalue weighted by Crippen LogP contribution is -2.21. The van der Waals surface area contributed by atoms with Gasteiger partial charge in [0.15, 0.2) is 0 Å². The molecule has 0 aliphatic rings. The number of aliphatic hydroxyl groups is 1. The highest BCUT2D eigenvalue weighted by atomic mass is 79.9. The summed E-state index contributed by atoms with van der Waals surface area (Å²) in [5.74, 6) is -0.589. The molecule has 3 aromatic rings. The standard InChI is InChI=1S/C18H14BrF2NO4/c1-10-6-15(25-9-11-2-3-12(20)7-14(11)21)17(19)18(24)22(10)16-5-4-13(8-23)26-16/h2-7,23H,8-9H2,1H3. The minimum absolute atomic E-state index is 0.132. The van der Waals surface area contributed by atoms with Crippen LogP contribution in [0, 0.1) is 18.6 Å². The second kappa shape index (κ2) is 7.43. The lowest BCUT2D eigenvalue weighted by Gasteiger charge is -2.13. The Hall–Kier alpha value is -2.45. The van der Waals surface area contributed by atoms with E-state index < -0.39 is 17.2 Å². The van der Waals surface area contributed by atoms with Crippen molar-refractivity contribution in [2.75, 3.05) is 0 Å². The van der Waals surface area contributed by atoms with Crippen LogP contribution < -0.4 is 10.3 Å². The van der Waals surface area contributed by atoms with Crippen LogP contribution in [0.25, 0.3) is 5.88 Å². The fourth-order valence-electron chi connectivity index (χ4n) is 2.43. The zero-order valence-electron chi connectivity index (χ0n) is 13.6. The number of hydrogen-bond donors (Lipinski definition) is 1. The van der Waals surface area contributed by atoms with E-state index in [1.54, 1.807) is 25.1 Å². The molecule has 0 aliphatic carbocycles. The second-order valence-electron chi connectivity index (χ2n) is 5.53. The van der Waals surface area contributed by atoms with Crippen LogP contribution in [-0.2, 0) is 13.2 Å². The van der Waals surface area contributed by atoms with Crippen molar-refractivity contribution in [2.24, 2.45) is 0 Å². The van der Waals surface area contributed by atoms with Crippen LogP contribution in [0.3, 0.4) is 0 Å². The lowest BCUT2D eigenvalue weighted by molar-refractivity contribution is 0.246. The number of rotatable bonds is 5. The lowest BCUT2D eigenvalue weighted by atomic mass is 10.2. The number of benzene rings is 1. The van der Waals surface area contributed by atoms with Gasteiger partial charge in [0.1, 0.15) is 40.8 Å². The molecule has 0 radical (unpaired) electrons. The number of ether oxygens (including phenoxy) is 1. The third kappa shape index (κ3) is 3.56. The van der Waals surface area contributed by atoms with E-state index in [1.807, 2.05) is 0 Å². The van der Waals surface area contributed by atoms with E-state index in [2.05, 4.69) is 15.9 Å². The van der Waals surface area contributed by atoms with Crippen LogP contribution in [0.5, 0.6) is 5.75 Å². The number of halogens is 3. The topological polar surface area (TPSA) is 64.6 Å². The third-order valence-corrected chi connectivity index (χ3v) is 4.45. The first-order valence-corrected chi connectivity index (χ1v) is 8.39. The Morgan fingerprint density at radius 1 is 1.23 bits per heavy atom. The highest BCUT2D eigenvalue weighted by Crippen LogP contribution is 2.26. The van der Waals surface area contributed by atoms with Crippen LogP contribution in [0.1, 0.15) is 17.0 Å². The van der Waals surface area contributed by atoms with Crippen molar-refractivity contribution >= 4 is 15.9 Å². The Bertz CT molecular complexity index is 1010. The van der Waals surface area contributed by atoms with Gasteiger partial charge in [-0.1, -0.05) is 0 Å². The molecule has 0 unspecified atom stereocenters. The van der Waals surface area contributed by atoms with Crippen LogP contribution in [0.4, 0.5) is 8.78 Å². The number of hydrogen-bond acceptors (Lipinski definition) is 4. The fourth-order valence-corrected chi connectivity index (χ4v) is 2.83. The highest BCUT2D eigenvalue weighted by Gasteiger charge is 2.16. The molecule has 0 saturated heterocycles. The summed E-state index contributed by atoms with van der Waals surface area (Å²) in [5.41, 5.74) is 0.254. The fraction of sp³-hybridized carbons (Fsp3) is 0.167. The van der Waals surface area contributed by atoms with Crippen LogP contribution in [0.15, 0.2) is 50.1 Å². The maximum absolute atomic E-state index is 13.7. The van der Waals surface area contributed by atoms with Gasteiger partial charge in [0, 0.05) is 29.5 Å². The summed E-state index contributed by atoms with van der Waals surface area (Å²) in [5, 5.41) is 9.09. The first-order valence-electron chi connectivity index (χ1n) is 7.59. The summed E-state index contributed by atoms with van der Waals surface area (Å²) >= 11 is 3.19. The first-order chi connectivity index (χ1) is 12.4. The molecule has 2 heterocycles. The minimum atomic E-state index is -0.724. The highest BCUT2D eigenvalue weighted by molar-refractivity contribution is 9.10. The predicted octanol–water partition coefficient (Wildman–Crippen LogP) is 3.85. The van der Waals surface area contributed by atoms with Crippen molar-refractivity contribution < 1.29 is 23.0 Å². The molecule has 1 aromatic carbocycles. The molecule has 0 atom stereocenters. The zero-order valence-corrected chi connectivity index (χ0v) is 15.2. The molecule has 5 nitrogen and oxygen atoms in total. The molecule has 2 aromatic heterocycles. The number of pyridine rings is 1. The smallest absolute Gasteiger partial charge is 0.275 e. The van der Waals surface area contributed by atoms with Crippen LogP contribution >= 0.6 is 15.9 Å². The van der Waals surface area contributed by atoms with Crippen LogP contribution in [0.2, 0.25) is 0 Å². The molecule has 0 aliphatic heterocycles. The van der Waals surface area contributed by atoms with Gasteiger partial charge in [-0.2, -0.15) is 0 Å². The van der Waals surface area contributed by atoms with Crippen LogP contribution in [-0.4, -0.2) is 9.67 Å². The van der Waals surface area contributed by atoms with Crippen molar-refractivity contribution in [2.45, 2.75) is 20.1 Å². The SMILES string of the molecule is Cc1cc(OCc2ccc(F)cc2F)c(Br)c(=O)n1-c1ccc(CO)o1. The van der Waals surface area contributed by atoms with Gasteiger partial charge >= 0.3 is 0 Å². The Morgan fingerprint density at radius 2 is 2.00 bits per heavy atom. The maximum Gasteiger partial charge on any atom is 0.275 e. The molecule has 8 heteroatoms. The first kappa shape index (κ1) is 18.3. The molecule has 0 saturated carbocycles. The van der Waals surface area contributed by atoms with Gasteiger partial charge in [-0.3, -0.25) is 4.79 Å². The monoisotopic (exact) mass is 425 g/mol. The van der Waals surface area contributed by atoms with Crippen molar-refractivity contribution in [3.8, 4) is 11.6 Å². The van der Waals surface area contributed by atoms with Crippen molar-refractivity contribution in [1.29, 1.82) is 0 Å². The molecule has 3 rings (SSSR count). The maximum atomic E-state index is 13.7. The van der Waals surface area contributed by atoms with Gasteiger partial charge in [-0.25, -0.2) is 13.3 Å². The summed E-state index contributed by atoms with van der Waals surface area (Å²) in [6.45, 7) is 1.24. The molecule has 26 heavy (non-hydrogen) atoms. The Kier molecular flexibility index (Phi) is 5.24. The van der Waals surface area contributed by atoms with Crippen molar-refractivity contribution in [1.82, 2.24) is 4.57 Å². The number of aliphatic hydroxyl groups excluding tert-OH is 1. The molecular weight excluding hydrogens is 412 g/mol. The molecular formula is C18H14BrF2NO4. The normalized spacial score (nSPS) is 11.0. The average molecular weight is 426 g/mol. The Labute approximate surface area is 155 Å². The summed E-state index contributed by atoms with van der Waals surface area (Å²) in [7, 11) is 0. The van der Waals surface area contributed by atoms with Gasteiger partial charge in [-0.15, -0.1) is 0 Å². The number of aromatic nitrogens is 1. The Morgan fingerprint density at radius 3 is 2.65 bits per heavy atom. The molecule has 0 fully saturated rings. The van der Waals surface area contributed by atoms with E-state index in [-0.39, 0.29) is 34.9 Å². The number of aryl methyl sites for hydroxylation is 1. The third-order valence-electron chi connectivity index (χ3n) is 3.72. The van der Waals surface area contributed by atoms with Gasteiger partial charge in [0.2, 0.25) is 5.88 Å². The number of nitrogens with zero attached hydrogens (tertiary/aromatic N) is 1. The largest absolute Gasteiger partial charge is 0.487 e. The van der Waals surface area contributed by atoms with Gasteiger partial charge in [0.25, 0.3) is 5.56 Å². The van der Waals surface area contributed by atoms with E-state index in [0.717, 1.165) is 12.1 Å². The van der Waals surface area contributed by atoms with Crippen molar-refractivity contribution in [3.05, 3.63) is 79.9 Å². The summed E-state index contributed by atoms with van der Waals surface area (Å²) < 4.78 is 39.0. The summed E-state index contributed by atoms with van der Waals surface area (Å²) in [6.07, 6.45) is 0. The second-order valence-corrected chi connectivity index (χ2v) is 6.32. The average Bonchev–Trinajstić information content (AvgIpc) is 3.07. The summed E-state index contributed by atoms with van der Waals surface area (Å²) in [4.78, 5) is 12.6. The number of furan rings is 1. The van der Waals surface area contributed by atoms with E-state index in [1.165, 1.54) is 10.6 Å². The van der Waals surface area contributed by atoms with Gasteiger partial charge < -0.3 is 14.3 Å². The molecule has 136 valence electrons. The van der Waals surface area contributed by atoms with E-state index in [4.69, 9.17) is 14.3 Å². The zero-order chi connectivity index (χ0) is 18.8. The van der Waals surface area contributed by atoms with E-state index in [9.17, 15) is 13.6 Å².